The highest BCUT2D eigenvalue weighted by molar-refractivity contribution is 5.22. The summed E-state index contributed by atoms with van der Waals surface area (Å²) in [6.45, 7) is 3.91. The molecule has 2 aromatic rings. The van der Waals surface area contributed by atoms with Crippen LogP contribution in [0, 0.1) is 11.7 Å². The van der Waals surface area contributed by atoms with Gasteiger partial charge in [-0.3, -0.25) is 4.90 Å². The molecule has 2 atom stereocenters. The Hall–Kier alpha value is -2.01. The quantitative estimate of drug-likeness (QED) is 0.869. The average Bonchev–Trinajstić information content (AvgIpc) is 2.89. The van der Waals surface area contributed by atoms with Crippen LogP contribution >= 0.6 is 0 Å². The molecule has 1 aliphatic rings. The Balaban J connectivity index is 1.79. The Morgan fingerprint density at radius 3 is 2.82 bits per heavy atom. The maximum absolute atomic E-state index is 13.5. The van der Waals surface area contributed by atoms with E-state index in [1.54, 1.807) is 19.2 Å². The summed E-state index contributed by atoms with van der Waals surface area (Å²) in [6.07, 6.45) is 1.10. The van der Waals surface area contributed by atoms with Gasteiger partial charge >= 0.3 is 0 Å². The number of methoxy groups -OCH3 is 1. The van der Waals surface area contributed by atoms with Gasteiger partial charge in [-0.25, -0.2) is 4.39 Å². The fourth-order valence-electron chi connectivity index (χ4n) is 3.18. The summed E-state index contributed by atoms with van der Waals surface area (Å²) < 4.78 is 18.6. The summed E-state index contributed by atoms with van der Waals surface area (Å²) >= 11 is 0. The number of aromatic nitrogens is 2. The summed E-state index contributed by atoms with van der Waals surface area (Å²) in [5, 5.41) is 8.20. The molecule has 5 heteroatoms. The molecule has 0 radical (unpaired) electrons. The van der Waals surface area contributed by atoms with E-state index in [-0.39, 0.29) is 11.9 Å². The largest absolute Gasteiger partial charge is 0.480 e. The molecule has 1 aromatic carbocycles. The highest BCUT2D eigenvalue weighted by Crippen LogP contribution is 2.37. The van der Waals surface area contributed by atoms with Crippen molar-refractivity contribution >= 4 is 0 Å². The van der Waals surface area contributed by atoms with Gasteiger partial charge < -0.3 is 4.74 Å². The van der Waals surface area contributed by atoms with Crippen LogP contribution in [0.15, 0.2) is 36.4 Å². The number of rotatable bonds is 4. The second-order valence-electron chi connectivity index (χ2n) is 5.80. The maximum atomic E-state index is 13.5. The SMILES string of the molecule is COc1ccc(CN2CC[C@H](C)[C@H]2c2cccc(F)c2)nn1. The number of likely N-dealkylation sites (tertiary alicyclic amines) is 1. The Morgan fingerprint density at radius 1 is 1.27 bits per heavy atom. The first-order chi connectivity index (χ1) is 10.7. The fraction of sp³-hybridized carbons (Fsp3) is 0.412. The predicted molar refractivity (Wildman–Crippen MR) is 81.9 cm³/mol. The first-order valence-electron chi connectivity index (χ1n) is 7.53. The number of halogens is 1. The fourth-order valence-corrected chi connectivity index (χ4v) is 3.18. The van der Waals surface area contributed by atoms with Gasteiger partial charge in [0.05, 0.1) is 12.8 Å². The van der Waals surface area contributed by atoms with Gasteiger partial charge in [-0.2, -0.15) is 5.10 Å². The zero-order valence-corrected chi connectivity index (χ0v) is 12.9. The molecule has 0 unspecified atom stereocenters. The van der Waals surface area contributed by atoms with Crippen molar-refractivity contribution in [3.05, 3.63) is 53.5 Å². The third-order valence-electron chi connectivity index (χ3n) is 4.26. The van der Waals surface area contributed by atoms with Crippen LogP contribution in [0.3, 0.4) is 0 Å². The van der Waals surface area contributed by atoms with Crippen molar-refractivity contribution in [1.82, 2.24) is 15.1 Å². The summed E-state index contributed by atoms with van der Waals surface area (Å²) in [5.41, 5.74) is 1.93. The minimum Gasteiger partial charge on any atom is -0.480 e. The molecular formula is C17H20FN3O. The van der Waals surface area contributed by atoms with Gasteiger partial charge in [0.15, 0.2) is 0 Å². The van der Waals surface area contributed by atoms with E-state index in [2.05, 4.69) is 22.0 Å². The second-order valence-corrected chi connectivity index (χ2v) is 5.80. The van der Waals surface area contributed by atoms with E-state index >= 15 is 0 Å². The standard InChI is InChI=1S/C17H20FN3O/c1-12-8-9-21(11-15-6-7-16(22-2)20-19-15)17(12)13-4-3-5-14(18)10-13/h3-7,10,12,17H,8-9,11H2,1-2H3/t12-,17-/m0/s1. The topological polar surface area (TPSA) is 38.2 Å². The predicted octanol–water partition coefficient (Wildman–Crippen LogP) is 3.21. The van der Waals surface area contributed by atoms with Gasteiger partial charge in [-0.15, -0.1) is 5.10 Å². The van der Waals surface area contributed by atoms with Crippen LogP contribution < -0.4 is 4.74 Å². The van der Waals surface area contributed by atoms with Crippen molar-refractivity contribution < 1.29 is 9.13 Å². The van der Waals surface area contributed by atoms with Crippen molar-refractivity contribution in [2.75, 3.05) is 13.7 Å². The third kappa shape index (κ3) is 3.09. The van der Waals surface area contributed by atoms with Crippen molar-refractivity contribution in [3.8, 4) is 5.88 Å². The van der Waals surface area contributed by atoms with Crippen LogP contribution in [0.2, 0.25) is 0 Å². The average molecular weight is 301 g/mol. The third-order valence-corrected chi connectivity index (χ3v) is 4.26. The van der Waals surface area contributed by atoms with Crippen LogP contribution in [0.4, 0.5) is 4.39 Å². The first kappa shape index (κ1) is 14.9. The summed E-state index contributed by atoms with van der Waals surface area (Å²) in [6, 6.07) is 10.9. The van der Waals surface area contributed by atoms with Crippen molar-refractivity contribution in [1.29, 1.82) is 0 Å². The highest BCUT2D eigenvalue weighted by Gasteiger charge is 2.32. The minimum atomic E-state index is -0.180. The van der Waals surface area contributed by atoms with E-state index < -0.39 is 0 Å². The smallest absolute Gasteiger partial charge is 0.233 e. The molecule has 1 fully saturated rings. The number of hydrogen-bond acceptors (Lipinski definition) is 4. The van der Waals surface area contributed by atoms with E-state index in [1.807, 2.05) is 18.2 Å². The minimum absolute atomic E-state index is 0.180. The molecule has 0 spiro atoms. The molecule has 116 valence electrons. The summed E-state index contributed by atoms with van der Waals surface area (Å²) in [4.78, 5) is 2.34. The lowest BCUT2D eigenvalue weighted by Gasteiger charge is -2.27. The molecule has 22 heavy (non-hydrogen) atoms. The van der Waals surface area contributed by atoms with Gasteiger partial charge in [0.25, 0.3) is 0 Å². The molecule has 0 aliphatic carbocycles. The van der Waals surface area contributed by atoms with Crippen LogP contribution in [0.25, 0.3) is 0 Å². The van der Waals surface area contributed by atoms with Crippen LogP contribution in [-0.4, -0.2) is 28.8 Å². The summed E-state index contributed by atoms with van der Waals surface area (Å²) in [5.74, 6) is 0.828. The number of benzene rings is 1. The molecule has 3 rings (SSSR count). The molecule has 0 saturated carbocycles. The van der Waals surface area contributed by atoms with Gasteiger partial charge in [0, 0.05) is 18.7 Å². The maximum Gasteiger partial charge on any atom is 0.233 e. The van der Waals surface area contributed by atoms with Crippen LogP contribution in [0.5, 0.6) is 5.88 Å². The normalized spacial score (nSPS) is 22.0. The lowest BCUT2D eigenvalue weighted by atomic mass is 9.95. The molecule has 1 aliphatic heterocycles. The molecule has 0 N–H and O–H groups in total. The molecule has 2 heterocycles. The molecule has 1 aromatic heterocycles. The van der Waals surface area contributed by atoms with Crippen molar-refractivity contribution in [2.45, 2.75) is 25.9 Å². The Labute approximate surface area is 129 Å². The zero-order chi connectivity index (χ0) is 15.5. The first-order valence-corrected chi connectivity index (χ1v) is 7.53. The van der Waals surface area contributed by atoms with E-state index in [9.17, 15) is 4.39 Å². The number of hydrogen-bond donors (Lipinski definition) is 0. The Kier molecular flexibility index (Phi) is 4.34. The van der Waals surface area contributed by atoms with E-state index in [1.165, 1.54) is 6.07 Å². The lowest BCUT2D eigenvalue weighted by Crippen LogP contribution is -2.25. The molecule has 4 nitrogen and oxygen atoms in total. The second kappa shape index (κ2) is 6.40. The Morgan fingerprint density at radius 2 is 2.14 bits per heavy atom. The van der Waals surface area contributed by atoms with E-state index in [0.717, 1.165) is 24.2 Å². The van der Waals surface area contributed by atoms with E-state index in [0.29, 0.717) is 18.3 Å². The van der Waals surface area contributed by atoms with Crippen LogP contribution in [0.1, 0.15) is 30.6 Å². The lowest BCUT2D eigenvalue weighted by molar-refractivity contribution is 0.221. The van der Waals surface area contributed by atoms with Crippen LogP contribution in [-0.2, 0) is 6.54 Å². The number of nitrogens with zero attached hydrogens (tertiary/aromatic N) is 3. The highest BCUT2D eigenvalue weighted by atomic mass is 19.1. The summed E-state index contributed by atoms with van der Waals surface area (Å²) in [7, 11) is 1.58. The van der Waals surface area contributed by atoms with Gasteiger partial charge in [0.1, 0.15) is 5.82 Å². The van der Waals surface area contributed by atoms with Crippen molar-refractivity contribution in [3.63, 3.8) is 0 Å². The van der Waals surface area contributed by atoms with Gasteiger partial charge in [-0.05, 0) is 42.6 Å². The molecule has 1 saturated heterocycles. The van der Waals surface area contributed by atoms with Crippen molar-refractivity contribution in [2.24, 2.45) is 5.92 Å². The van der Waals surface area contributed by atoms with E-state index in [4.69, 9.17) is 4.74 Å². The van der Waals surface area contributed by atoms with Gasteiger partial charge in [0.2, 0.25) is 5.88 Å². The molecule has 0 amide bonds. The Bertz CT molecular complexity index is 632. The number of ether oxygens (including phenoxy) is 1. The molecular weight excluding hydrogens is 281 g/mol. The van der Waals surface area contributed by atoms with Gasteiger partial charge in [-0.1, -0.05) is 19.1 Å². The zero-order valence-electron chi connectivity index (χ0n) is 12.9. The monoisotopic (exact) mass is 301 g/mol. The molecule has 0 bridgehead atoms.